The maximum atomic E-state index is 11.8. The van der Waals surface area contributed by atoms with Gasteiger partial charge in [-0.15, -0.1) is 0 Å². The third-order valence-electron chi connectivity index (χ3n) is 2.03. The molecule has 0 aliphatic carbocycles. The van der Waals surface area contributed by atoms with Gasteiger partial charge in [-0.25, -0.2) is 4.98 Å². The number of carbonyl (C=O) groups is 2. The number of hydrogen-bond acceptors (Lipinski definition) is 4. The van der Waals surface area contributed by atoms with E-state index in [-0.39, 0.29) is 23.3 Å². The predicted octanol–water partition coefficient (Wildman–Crippen LogP) is 0.750. The molecule has 0 spiro atoms. The van der Waals surface area contributed by atoms with Crippen LogP contribution >= 0.6 is 0 Å². The second-order valence-electron chi connectivity index (χ2n) is 3.62. The lowest BCUT2D eigenvalue weighted by Gasteiger charge is -2.15. The lowest BCUT2D eigenvalue weighted by atomic mass is 10.2. The van der Waals surface area contributed by atoms with E-state index in [0.717, 1.165) is 0 Å². The Morgan fingerprint density at radius 2 is 2.06 bits per heavy atom. The van der Waals surface area contributed by atoms with Gasteiger partial charge >= 0.3 is 0 Å². The number of anilines is 1. The largest absolute Gasteiger partial charge is 0.492 e. The second kappa shape index (κ2) is 5.29. The predicted molar refractivity (Wildman–Crippen MR) is 63.1 cm³/mol. The van der Waals surface area contributed by atoms with Gasteiger partial charge in [0.2, 0.25) is 5.91 Å². The summed E-state index contributed by atoms with van der Waals surface area (Å²) in [6, 6.07) is 1.58. The Labute approximate surface area is 99.6 Å². The first-order valence-corrected chi connectivity index (χ1v) is 4.99. The summed E-state index contributed by atoms with van der Waals surface area (Å²) in [6.45, 7) is 1.38. The molecule has 6 heteroatoms. The average Bonchev–Trinajstić information content (AvgIpc) is 2.26. The van der Waals surface area contributed by atoms with E-state index < -0.39 is 0 Å². The zero-order valence-corrected chi connectivity index (χ0v) is 10.3. The molecule has 0 atom stereocenters. The van der Waals surface area contributed by atoms with Gasteiger partial charge in [-0.1, -0.05) is 0 Å². The van der Waals surface area contributed by atoms with Crippen LogP contribution in [0.4, 0.5) is 5.69 Å². The summed E-state index contributed by atoms with van der Waals surface area (Å²) in [7, 11) is 4.66. The van der Waals surface area contributed by atoms with E-state index >= 15 is 0 Å². The number of nitrogens with zero attached hydrogens (tertiary/aromatic N) is 2. The number of rotatable bonds is 3. The van der Waals surface area contributed by atoms with Crippen molar-refractivity contribution in [1.82, 2.24) is 9.88 Å². The minimum atomic E-state index is -0.283. The molecule has 0 fully saturated rings. The topological polar surface area (TPSA) is 71.5 Å². The molecule has 0 aromatic carbocycles. The second-order valence-corrected chi connectivity index (χ2v) is 3.62. The maximum absolute atomic E-state index is 11.8. The van der Waals surface area contributed by atoms with E-state index in [0.29, 0.717) is 5.69 Å². The standard InChI is InChI=1S/C11H15N3O3/c1-7(15)13-8-5-6-12-9(10(8)17-4)11(16)14(2)3/h5-6H,1-4H3,(H,12,13,15). The van der Waals surface area contributed by atoms with Crippen LogP contribution in [-0.2, 0) is 4.79 Å². The van der Waals surface area contributed by atoms with Crippen LogP contribution in [0, 0.1) is 0 Å². The summed E-state index contributed by atoms with van der Waals surface area (Å²) in [4.78, 5) is 28.2. The zero-order valence-electron chi connectivity index (χ0n) is 10.3. The van der Waals surface area contributed by atoms with E-state index in [4.69, 9.17) is 4.74 Å². The Bertz CT molecular complexity index is 444. The zero-order chi connectivity index (χ0) is 13.0. The van der Waals surface area contributed by atoms with Crippen molar-refractivity contribution < 1.29 is 14.3 Å². The number of methoxy groups -OCH3 is 1. The number of aromatic nitrogens is 1. The molecule has 17 heavy (non-hydrogen) atoms. The van der Waals surface area contributed by atoms with E-state index in [1.165, 1.54) is 25.1 Å². The van der Waals surface area contributed by atoms with Gasteiger partial charge in [0.1, 0.15) is 0 Å². The molecule has 1 aromatic heterocycles. The number of carbonyl (C=O) groups excluding carboxylic acids is 2. The first-order chi connectivity index (χ1) is 7.97. The van der Waals surface area contributed by atoms with Gasteiger partial charge in [0.05, 0.1) is 12.8 Å². The molecule has 0 aliphatic rings. The normalized spacial score (nSPS) is 9.65. The van der Waals surface area contributed by atoms with Gasteiger partial charge in [0.15, 0.2) is 11.4 Å². The Kier molecular flexibility index (Phi) is 4.03. The Morgan fingerprint density at radius 3 is 2.53 bits per heavy atom. The van der Waals surface area contributed by atoms with E-state index in [9.17, 15) is 9.59 Å². The summed E-state index contributed by atoms with van der Waals surface area (Å²) >= 11 is 0. The van der Waals surface area contributed by atoms with Crippen LogP contribution in [-0.4, -0.2) is 42.9 Å². The van der Waals surface area contributed by atoms with E-state index in [2.05, 4.69) is 10.3 Å². The van der Waals surface area contributed by atoms with Gasteiger partial charge in [0, 0.05) is 27.2 Å². The summed E-state index contributed by atoms with van der Waals surface area (Å²) in [5.74, 6) is -0.256. The number of pyridine rings is 1. The minimum absolute atomic E-state index is 0.170. The number of ether oxygens (including phenoxy) is 1. The van der Waals surface area contributed by atoms with Crippen LogP contribution in [0.15, 0.2) is 12.3 Å². The molecule has 1 heterocycles. The first kappa shape index (κ1) is 13.0. The fourth-order valence-electron chi connectivity index (χ4n) is 1.31. The molecule has 0 aliphatic heterocycles. The van der Waals surface area contributed by atoms with Crippen LogP contribution in [0.3, 0.4) is 0 Å². The van der Waals surface area contributed by atoms with Crippen molar-refractivity contribution >= 4 is 17.5 Å². The molecule has 92 valence electrons. The smallest absolute Gasteiger partial charge is 0.275 e. The molecule has 1 aromatic rings. The molecule has 0 bridgehead atoms. The Morgan fingerprint density at radius 1 is 1.41 bits per heavy atom. The highest BCUT2D eigenvalue weighted by Crippen LogP contribution is 2.27. The SMILES string of the molecule is COc1c(NC(C)=O)ccnc1C(=O)N(C)C. The van der Waals surface area contributed by atoms with Gasteiger partial charge in [-0.05, 0) is 6.07 Å². The van der Waals surface area contributed by atoms with Gasteiger partial charge in [-0.2, -0.15) is 0 Å². The molecule has 2 amide bonds. The highest BCUT2D eigenvalue weighted by Gasteiger charge is 2.19. The fourth-order valence-corrected chi connectivity index (χ4v) is 1.31. The van der Waals surface area contributed by atoms with Crippen molar-refractivity contribution in [1.29, 1.82) is 0 Å². The van der Waals surface area contributed by atoms with Crippen molar-refractivity contribution in [3.8, 4) is 5.75 Å². The summed E-state index contributed by atoms with van der Waals surface area (Å²) < 4.78 is 5.12. The molecule has 1 N–H and O–H groups in total. The van der Waals surface area contributed by atoms with Crippen molar-refractivity contribution in [3.05, 3.63) is 18.0 Å². The van der Waals surface area contributed by atoms with Gasteiger partial charge < -0.3 is 15.0 Å². The minimum Gasteiger partial charge on any atom is -0.492 e. The third kappa shape index (κ3) is 2.93. The fraction of sp³-hybridized carbons (Fsp3) is 0.364. The number of nitrogens with one attached hydrogen (secondary N) is 1. The summed E-state index contributed by atoms with van der Waals surface area (Å²) in [5.41, 5.74) is 0.601. The molecule has 1 rings (SSSR count). The van der Waals surface area contributed by atoms with Crippen LogP contribution in [0.25, 0.3) is 0 Å². The van der Waals surface area contributed by atoms with Crippen LogP contribution in [0.2, 0.25) is 0 Å². The number of hydrogen-bond donors (Lipinski definition) is 1. The lowest BCUT2D eigenvalue weighted by Crippen LogP contribution is -2.24. The average molecular weight is 237 g/mol. The molecule has 0 unspecified atom stereocenters. The van der Waals surface area contributed by atoms with Gasteiger partial charge in [0.25, 0.3) is 5.91 Å². The maximum Gasteiger partial charge on any atom is 0.275 e. The van der Waals surface area contributed by atoms with Crippen molar-refractivity contribution in [3.63, 3.8) is 0 Å². The van der Waals surface area contributed by atoms with E-state index in [1.807, 2.05) is 0 Å². The molecular formula is C11H15N3O3. The first-order valence-electron chi connectivity index (χ1n) is 4.99. The monoisotopic (exact) mass is 237 g/mol. The van der Waals surface area contributed by atoms with Crippen molar-refractivity contribution in [2.75, 3.05) is 26.5 Å². The highest BCUT2D eigenvalue weighted by atomic mass is 16.5. The number of amides is 2. The molecule has 6 nitrogen and oxygen atoms in total. The Balaban J connectivity index is 3.23. The molecule has 0 radical (unpaired) electrons. The lowest BCUT2D eigenvalue weighted by molar-refractivity contribution is -0.114. The van der Waals surface area contributed by atoms with Crippen LogP contribution < -0.4 is 10.1 Å². The van der Waals surface area contributed by atoms with Gasteiger partial charge in [-0.3, -0.25) is 9.59 Å². The van der Waals surface area contributed by atoms with Crippen molar-refractivity contribution in [2.24, 2.45) is 0 Å². The highest BCUT2D eigenvalue weighted by molar-refractivity contribution is 5.99. The Hall–Kier alpha value is -2.11. The van der Waals surface area contributed by atoms with E-state index in [1.54, 1.807) is 20.2 Å². The van der Waals surface area contributed by atoms with Crippen LogP contribution in [0.1, 0.15) is 17.4 Å². The molecular weight excluding hydrogens is 222 g/mol. The molecule has 0 saturated carbocycles. The van der Waals surface area contributed by atoms with Crippen LogP contribution in [0.5, 0.6) is 5.75 Å². The molecule has 0 saturated heterocycles. The summed E-state index contributed by atoms with van der Waals surface area (Å²) in [6.07, 6.45) is 1.45. The third-order valence-corrected chi connectivity index (χ3v) is 2.03. The van der Waals surface area contributed by atoms with Crippen molar-refractivity contribution in [2.45, 2.75) is 6.92 Å². The quantitative estimate of drug-likeness (QED) is 0.842. The summed E-state index contributed by atoms with van der Waals surface area (Å²) in [5, 5.41) is 2.58.